The molecule has 1 aromatic carbocycles. The number of carboxylic acids is 1. The van der Waals surface area contributed by atoms with E-state index in [9.17, 15) is 14.7 Å². The summed E-state index contributed by atoms with van der Waals surface area (Å²) in [6.45, 7) is 0.102. The van der Waals surface area contributed by atoms with E-state index in [0.29, 0.717) is 0 Å². The Morgan fingerprint density at radius 1 is 1.36 bits per heavy atom. The van der Waals surface area contributed by atoms with Gasteiger partial charge in [0.2, 0.25) is 0 Å². The zero-order valence-corrected chi connectivity index (χ0v) is 14.7. The van der Waals surface area contributed by atoms with Crippen molar-refractivity contribution >= 4 is 23.8 Å². The van der Waals surface area contributed by atoms with Crippen molar-refractivity contribution in [2.45, 2.75) is 19.1 Å². The SMILES string of the molecule is Cn1ccnc1CCSCC(NC(=O)OCc1ccccc1)C(=O)O. The van der Waals surface area contributed by atoms with Crippen molar-refractivity contribution in [3.8, 4) is 0 Å². The maximum absolute atomic E-state index is 11.8. The zero-order valence-electron chi connectivity index (χ0n) is 13.9. The number of carboxylic acid groups (broad SMARTS) is 1. The van der Waals surface area contributed by atoms with Gasteiger partial charge < -0.3 is 19.7 Å². The van der Waals surface area contributed by atoms with Gasteiger partial charge in [0.25, 0.3) is 0 Å². The number of aromatic nitrogens is 2. The number of aryl methyl sites for hydroxylation is 2. The van der Waals surface area contributed by atoms with E-state index in [1.165, 1.54) is 11.8 Å². The molecule has 0 fully saturated rings. The van der Waals surface area contributed by atoms with Gasteiger partial charge in [-0.05, 0) is 5.56 Å². The first-order valence-corrected chi connectivity index (χ1v) is 8.95. The van der Waals surface area contributed by atoms with Crippen molar-refractivity contribution < 1.29 is 19.4 Å². The molecule has 1 atom stereocenters. The summed E-state index contributed by atoms with van der Waals surface area (Å²) in [6.07, 6.45) is 3.59. The number of benzene rings is 1. The van der Waals surface area contributed by atoms with Crippen molar-refractivity contribution in [2.75, 3.05) is 11.5 Å². The molecule has 1 amide bonds. The molecule has 134 valence electrons. The molecule has 1 heterocycles. The van der Waals surface area contributed by atoms with E-state index in [4.69, 9.17) is 4.74 Å². The molecular formula is C17H21N3O4S. The van der Waals surface area contributed by atoms with E-state index < -0.39 is 18.1 Å². The van der Waals surface area contributed by atoms with Gasteiger partial charge in [0.05, 0.1) is 0 Å². The summed E-state index contributed by atoms with van der Waals surface area (Å²) < 4.78 is 6.98. The summed E-state index contributed by atoms with van der Waals surface area (Å²) in [5, 5.41) is 11.6. The molecule has 0 saturated carbocycles. The molecule has 25 heavy (non-hydrogen) atoms. The molecule has 2 aromatic rings. The fraction of sp³-hybridized carbons (Fsp3) is 0.353. The number of ether oxygens (including phenoxy) is 1. The number of amides is 1. The van der Waals surface area contributed by atoms with Gasteiger partial charge in [0.1, 0.15) is 18.5 Å². The molecule has 0 aliphatic rings. The monoisotopic (exact) mass is 363 g/mol. The van der Waals surface area contributed by atoms with Crippen molar-refractivity contribution in [1.29, 1.82) is 0 Å². The van der Waals surface area contributed by atoms with Crippen LogP contribution in [0.4, 0.5) is 4.79 Å². The van der Waals surface area contributed by atoms with E-state index in [-0.39, 0.29) is 12.4 Å². The van der Waals surface area contributed by atoms with Crippen LogP contribution in [0, 0.1) is 0 Å². The predicted octanol–water partition coefficient (Wildman–Crippen LogP) is 2.08. The van der Waals surface area contributed by atoms with Crippen molar-refractivity contribution in [1.82, 2.24) is 14.9 Å². The third-order valence-electron chi connectivity index (χ3n) is 3.48. The minimum absolute atomic E-state index is 0.102. The normalized spacial score (nSPS) is 11.7. The molecule has 2 N–H and O–H groups in total. The number of hydrogen-bond donors (Lipinski definition) is 2. The fourth-order valence-corrected chi connectivity index (χ4v) is 3.04. The van der Waals surface area contributed by atoms with Gasteiger partial charge in [-0.15, -0.1) is 0 Å². The molecule has 0 radical (unpaired) electrons. The molecular weight excluding hydrogens is 342 g/mol. The topological polar surface area (TPSA) is 93.5 Å². The summed E-state index contributed by atoms with van der Waals surface area (Å²) in [4.78, 5) is 27.3. The number of thioether (sulfide) groups is 1. The molecule has 0 saturated heterocycles. The first-order chi connectivity index (χ1) is 12.1. The van der Waals surface area contributed by atoms with Crippen molar-refractivity contribution in [2.24, 2.45) is 7.05 Å². The Morgan fingerprint density at radius 2 is 2.12 bits per heavy atom. The van der Waals surface area contributed by atoms with Crippen LogP contribution in [0.2, 0.25) is 0 Å². The maximum atomic E-state index is 11.8. The third kappa shape index (κ3) is 6.50. The molecule has 1 aromatic heterocycles. The van der Waals surface area contributed by atoms with Crippen LogP contribution < -0.4 is 5.32 Å². The molecule has 1 unspecified atom stereocenters. The maximum Gasteiger partial charge on any atom is 0.408 e. The second-order valence-electron chi connectivity index (χ2n) is 5.38. The number of carbonyl (C=O) groups excluding carboxylic acids is 1. The number of nitrogens with zero attached hydrogens (tertiary/aromatic N) is 2. The lowest BCUT2D eigenvalue weighted by Gasteiger charge is -2.14. The Balaban J connectivity index is 1.71. The van der Waals surface area contributed by atoms with Crippen LogP contribution >= 0.6 is 11.8 Å². The molecule has 8 heteroatoms. The summed E-state index contributed by atoms with van der Waals surface area (Å²) in [6, 6.07) is 8.22. The third-order valence-corrected chi connectivity index (χ3v) is 4.54. The van der Waals surface area contributed by atoms with E-state index in [2.05, 4.69) is 10.3 Å². The Morgan fingerprint density at radius 3 is 2.76 bits per heavy atom. The number of carbonyl (C=O) groups is 2. The van der Waals surface area contributed by atoms with Gasteiger partial charge in [-0.25, -0.2) is 14.6 Å². The second kappa shape index (κ2) is 9.73. The first-order valence-electron chi connectivity index (χ1n) is 7.80. The number of imidazole rings is 1. The predicted molar refractivity (Wildman–Crippen MR) is 95.4 cm³/mol. The highest BCUT2D eigenvalue weighted by Gasteiger charge is 2.20. The Labute approximate surface area is 150 Å². The molecule has 0 bridgehead atoms. The van der Waals surface area contributed by atoms with Crippen molar-refractivity contribution in [3.63, 3.8) is 0 Å². The van der Waals surface area contributed by atoms with E-state index in [1.807, 2.05) is 48.1 Å². The van der Waals surface area contributed by atoms with E-state index in [0.717, 1.165) is 23.6 Å². The highest BCUT2D eigenvalue weighted by molar-refractivity contribution is 7.99. The smallest absolute Gasteiger partial charge is 0.408 e. The zero-order chi connectivity index (χ0) is 18.1. The Hall–Kier alpha value is -2.48. The first kappa shape index (κ1) is 18.9. The second-order valence-corrected chi connectivity index (χ2v) is 6.53. The highest BCUT2D eigenvalue weighted by atomic mass is 32.2. The van der Waals surface area contributed by atoms with E-state index in [1.54, 1.807) is 6.20 Å². The quantitative estimate of drug-likeness (QED) is 0.663. The van der Waals surface area contributed by atoms with Crippen molar-refractivity contribution in [3.05, 3.63) is 54.1 Å². The summed E-state index contributed by atoms with van der Waals surface area (Å²) in [5.74, 6) is 0.839. The van der Waals surface area contributed by atoms with Crippen LogP contribution in [0.5, 0.6) is 0 Å². The minimum atomic E-state index is -1.08. The Kier molecular flexibility index (Phi) is 7.34. The van der Waals surface area contributed by atoms with Gasteiger partial charge in [-0.2, -0.15) is 11.8 Å². The number of nitrogens with one attached hydrogen (secondary N) is 1. The molecule has 0 aliphatic heterocycles. The van der Waals surface area contributed by atoms with Gasteiger partial charge in [-0.1, -0.05) is 30.3 Å². The molecule has 0 aliphatic carbocycles. The summed E-state index contributed by atoms with van der Waals surface area (Å²) >= 11 is 1.45. The fourth-order valence-electron chi connectivity index (χ4n) is 2.08. The van der Waals surface area contributed by atoms with Crippen LogP contribution in [0.3, 0.4) is 0 Å². The van der Waals surface area contributed by atoms with Gasteiger partial charge in [0.15, 0.2) is 0 Å². The summed E-state index contributed by atoms with van der Waals surface area (Å²) in [7, 11) is 1.91. The van der Waals surface area contributed by atoms with Crippen LogP contribution in [0.1, 0.15) is 11.4 Å². The summed E-state index contributed by atoms with van der Waals surface area (Å²) in [5.41, 5.74) is 0.842. The van der Waals surface area contributed by atoms with Crippen LogP contribution in [-0.4, -0.2) is 44.3 Å². The minimum Gasteiger partial charge on any atom is -0.480 e. The van der Waals surface area contributed by atoms with Crippen LogP contribution in [0.15, 0.2) is 42.7 Å². The average Bonchev–Trinajstić information content (AvgIpc) is 3.01. The number of aliphatic carboxylic acids is 1. The lowest BCUT2D eigenvalue weighted by molar-refractivity contribution is -0.138. The molecule has 0 spiro atoms. The lowest BCUT2D eigenvalue weighted by atomic mass is 10.2. The van der Waals surface area contributed by atoms with Crippen LogP contribution in [-0.2, 0) is 29.6 Å². The largest absolute Gasteiger partial charge is 0.480 e. The number of alkyl carbamates (subject to hydrolysis) is 1. The van der Waals surface area contributed by atoms with Gasteiger partial charge >= 0.3 is 12.1 Å². The average molecular weight is 363 g/mol. The number of hydrogen-bond acceptors (Lipinski definition) is 5. The standard InChI is InChI=1S/C17H21N3O4S/c1-20-9-8-18-15(20)7-10-25-12-14(16(21)22)19-17(23)24-11-13-5-3-2-4-6-13/h2-6,8-9,14H,7,10-12H2,1H3,(H,19,23)(H,21,22). The molecule has 7 nitrogen and oxygen atoms in total. The highest BCUT2D eigenvalue weighted by Crippen LogP contribution is 2.08. The van der Waals surface area contributed by atoms with Gasteiger partial charge in [-0.3, -0.25) is 0 Å². The molecule has 2 rings (SSSR count). The number of rotatable bonds is 9. The van der Waals surface area contributed by atoms with Gasteiger partial charge in [0, 0.05) is 37.4 Å². The lowest BCUT2D eigenvalue weighted by Crippen LogP contribution is -2.42. The Bertz CT molecular complexity index is 690. The van der Waals surface area contributed by atoms with E-state index >= 15 is 0 Å². The van der Waals surface area contributed by atoms with Crippen LogP contribution in [0.25, 0.3) is 0 Å².